The molecule has 0 radical (unpaired) electrons. The molecule has 0 bridgehead atoms. The molecule has 2 atom stereocenters. The Morgan fingerprint density at radius 2 is 1.94 bits per heavy atom. The summed E-state index contributed by atoms with van der Waals surface area (Å²) in [7, 11) is 1.43. The van der Waals surface area contributed by atoms with E-state index in [2.05, 4.69) is 38.5 Å². The van der Waals surface area contributed by atoms with Gasteiger partial charge in [-0.05, 0) is 35.6 Å². The van der Waals surface area contributed by atoms with Crippen LogP contribution in [-0.4, -0.2) is 33.0 Å². The molecule has 1 N–H and O–H groups in total. The number of hydrogen-bond acceptors (Lipinski definition) is 8. The van der Waals surface area contributed by atoms with E-state index < -0.39 is 0 Å². The summed E-state index contributed by atoms with van der Waals surface area (Å²) < 4.78 is 4.88. The molecular formula is C24H21N5O2S. The van der Waals surface area contributed by atoms with Crippen LogP contribution in [0.25, 0.3) is 11.2 Å². The third-order valence-electron chi connectivity index (χ3n) is 5.39. The summed E-state index contributed by atoms with van der Waals surface area (Å²) >= 11 is 1.56. The molecule has 0 unspecified atom stereocenters. The van der Waals surface area contributed by atoms with Crippen LogP contribution < -0.4 is 5.32 Å². The largest absolute Gasteiger partial charge is 0.469 e. The van der Waals surface area contributed by atoms with Gasteiger partial charge < -0.3 is 10.1 Å². The van der Waals surface area contributed by atoms with Gasteiger partial charge in [0.05, 0.1) is 13.0 Å². The van der Waals surface area contributed by atoms with Crippen molar-refractivity contribution in [1.29, 1.82) is 0 Å². The number of thioether (sulfide) groups is 1. The maximum atomic E-state index is 11.8. The Hall–Kier alpha value is -3.52. The van der Waals surface area contributed by atoms with Gasteiger partial charge in [0.2, 0.25) is 0 Å². The van der Waals surface area contributed by atoms with Crippen LogP contribution in [0.3, 0.4) is 0 Å². The van der Waals surface area contributed by atoms with Gasteiger partial charge in [0.15, 0.2) is 22.1 Å². The standard InChI is InChI=1S/C24H21N5O2S/c1-31-23(30)19-13-18(19)16-8-5-9-17(12-16)27-22-20-21(26-11-10-25-20)28-24(29-22)32-14-15-6-3-2-4-7-15/h2-12,18-19H,13-14H2,1H3,(H,26,27,28,29)/t18-,19+/m0/s1. The minimum atomic E-state index is -0.148. The van der Waals surface area contributed by atoms with E-state index in [1.807, 2.05) is 36.4 Å². The number of benzene rings is 2. The van der Waals surface area contributed by atoms with E-state index in [9.17, 15) is 4.79 Å². The van der Waals surface area contributed by atoms with Crippen LogP contribution in [0.2, 0.25) is 0 Å². The first-order valence-corrected chi connectivity index (χ1v) is 11.3. The molecule has 1 aliphatic rings. The summed E-state index contributed by atoms with van der Waals surface area (Å²) in [5.74, 6) is 1.37. The van der Waals surface area contributed by atoms with Crippen LogP contribution in [-0.2, 0) is 15.3 Å². The number of fused-ring (bicyclic) bond motifs is 1. The summed E-state index contributed by atoms with van der Waals surface area (Å²) in [6.45, 7) is 0. The first kappa shape index (κ1) is 20.4. The second kappa shape index (κ2) is 8.92. The first-order chi connectivity index (χ1) is 15.7. The van der Waals surface area contributed by atoms with Crippen LogP contribution in [0, 0.1) is 5.92 Å². The Morgan fingerprint density at radius 3 is 2.78 bits per heavy atom. The van der Waals surface area contributed by atoms with Crippen molar-refractivity contribution in [3.63, 3.8) is 0 Å². The lowest BCUT2D eigenvalue weighted by molar-refractivity contribution is -0.142. The van der Waals surface area contributed by atoms with Gasteiger partial charge in [-0.3, -0.25) is 4.79 Å². The van der Waals surface area contributed by atoms with E-state index in [-0.39, 0.29) is 17.8 Å². The van der Waals surface area contributed by atoms with Crippen LogP contribution in [0.1, 0.15) is 23.5 Å². The Kier molecular flexibility index (Phi) is 5.68. The maximum Gasteiger partial charge on any atom is 0.309 e. The zero-order valence-electron chi connectivity index (χ0n) is 17.4. The number of esters is 1. The van der Waals surface area contributed by atoms with Crippen LogP contribution in [0.5, 0.6) is 0 Å². The van der Waals surface area contributed by atoms with Crippen LogP contribution >= 0.6 is 11.8 Å². The minimum Gasteiger partial charge on any atom is -0.469 e. The Balaban J connectivity index is 1.40. The average Bonchev–Trinajstić information content (AvgIpc) is 3.64. The van der Waals surface area contributed by atoms with Crippen molar-refractivity contribution in [2.75, 3.05) is 12.4 Å². The monoisotopic (exact) mass is 443 g/mol. The highest BCUT2D eigenvalue weighted by atomic mass is 32.2. The summed E-state index contributed by atoms with van der Waals surface area (Å²) in [4.78, 5) is 29.9. The highest BCUT2D eigenvalue weighted by molar-refractivity contribution is 7.98. The number of carbonyl (C=O) groups is 1. The fourth-order valence-electron chi connectivity index (χ4n) is 3.68. The predicted octanol–water partition coefficient (Wildman–Crippen LogP) is 4.73. The summed E-state index contributed by atoms with van der Waals surface area (Å²) in [6.07, 6.45) is 4.08. The predicted molar refractivity (Wildman–Crippen MR) is 124 cm³/mol. The normalized spacial score (nSPS) is 17.2. The third kappa shape index (κ3) is 4.40. The molecule has 160 valence electrons. The van der Waals surface area contributed by atoms with E-state index in [0.29, 0.717) is 22.1 Å². The van der Waals surface area contributed by atoms with Crippen molar-refractivity contribution in [1.82, 2.24) is 19.9 Å². The third-order valence-corrected chi connectivity index (χ3v) is 6.31. The fourth-order valence-corrected chi connectivity index (χ4v) is 4.47. The Bertz CT molecular complexity index is 1270. The van der Waals surface area contributed by atoms with Crippen molar-refractivity contribution in [2.24, 2.45) is 5.92 Å². The molecule has 2 aromatic carbocycles. The molecule has 2 aromatic heterocycles. The van der Waals surface area contributed by atoms with E-state index in [0.717, 1.165) is 23.4 Å². The van der Waals surface area contributed by atoms with Gasteiger partial charge in [0, 0.05) is 23.8 Å². The molecule has 2 heterocycles. The van der Waals surface area contributed by atoms with Gasteiger partial charge in [0.1, 0.15) is 0 Å². The lowest BCUT2D eigenvalue weighted by Gasteiger charge is -2.11. The Labute approximate surface area is 189 Å². The lowest BCUT2D eigenvalue weighted by atomic mass is 10.1. The maximum absolute atomic E-state index is 11.8. The lowest BCUT2D eigenvalue weighted by Crippen LogP contribution is -2.04. The van der Waals surface area contributed by atoms with Gasteiger partial charge in [-0.2, -0.15) is 0 Å². The molecule has 1 aliphatic carbocycles. The number of methoxy groups -OCH3 is 1. The fraction of sp³-hybridized carbons (Fsp3) is 0.208. The zero-order chi connectivity index (χ0) is 21.9. The van der Waals surface area contributed by atoms with E-state index >= 15 is 0 Å². The van der Waals surface area contributed by atoms with Crippen molar-refractivity contribution >= 4 is 40.4 Å². The van der Waals surface area contributed by atoms with Crippen molar-refractivity contribution in [2.45, 2.75) is 23.2 Å². The molecule has 0 saturated heterocycles. The molecule has 5 rings (SSSR count). The second-order valence-electron chi connectivity index (χ2n) is 7.58. The molecule has 32 heavy (non-hydrogen) atoms. The number of ether oxygens (including phenoxy) is 1. The minimum absolute atomic E-state index is 0.0537. The number of nitrogens with zero attached hydrogens (tertiary/aromatic N) is 4. The number of hydrogen-bond donors (Lipinski definition) is 1. The van der Waals surface area contributed by atoms with Gasteiger partial charge in [-0.25, -0.2) is 19.9 Å². The summed E-state index contributed by atoms with van der Waals surface area (Å²) in [5, 5.41) is 4.02. The van der Waals surface area contributed by atoms with Gasteiger partial charge >= 0.3 is 5.97 Å². The molecule has 0 amide bonds. The number of rotatable bonds is 7. The number of nitrogens with one attached hydrogen (secondary N) is 1. The Morgan fingerprint density at radius 1 is 1.09 bits per heavy atom. The van der Waals surface area contributed by atoms with E-state index in [1.54, 1.807) is 24.2 Å². The molecule has 7 nitrogen and oxygen atoms in total. The quantitative estimate of drug-likeness (QED) is 0.249. The highest BCUT2D eigenvalue weighted by Crippen LogP contribution is 2.48. The SMILES string of the molecule is COC(=O)[C@@H]1C[C@H]1c1cccc(Nc2nc(SCc3ccccc3)nc3nccnc23)c1. The smallest absolute Gasteiger partial charge is 0.309 e. The molecule has 1 fully saturated rings. The molecule has 0 spiro atoms. The highest BCUT2D eigenvalue weighted by Gasteiger charge is 2.44. The topological polar surface area (TPSA) is 89.9 Å². The molecule has 4 aromatic rings. The zero-order valence-corrected chi connectivity index (χ0v) is 18.2. The van der Waals surface area contributed by atoms with Crippen molar-refractivity contribution in [3.8, 4) is 0 Å². The van der Waals surface area contributed by atoms with E-state index in [1.165, 1.54) is 12.7 Å². The molecule has 1 saturated carbocycles. The molecule has 0 aliphatic heterocycles. The molecule has 8 heteroatoms. The second-order valence-corrected chi connectivity index (χ2v) is 8.52. The summed E-state index contributed by atoms with van der Waals surface area (Å²) in [5.41, 5.74) is 4.34. The van der Waals surface area contributed by atoms with Crippen LogP contribution in [0.15, 0.2) is 72.1 Å². The molecular weight excluding hydrogens is 422 g/mol. The first-order valence-electron chi connectivity index (χ1n) is 10.3. The van der Waals surface area contributed by atoms with E-state index in [4.69, 9.17) is 9.72 Å². The number of aromatic nitrogens is 4. The van der Waals surface area contributed by atoms with Gasteiger partial charge in [-0.15, -0.1) is 0 Å². The average molecular weight is 444 g/mol. The number of anilines is 2. The van der Waals surface area contributed by atoms with Crippen molar-refractivity contribution in [3.05, 3.63) is 78.1 Å². The van der Waals surface area contributed by atoms with Gasteiger partial charge in [0.25, 0.3) is 0 Å². The summed E-state index contributed by atoms with van der Waals surface area (Å²) in [6, 6.07) is 18.2. The number of carbonyl (C=O) groups excluding carboxylic acids is 1. The van der Waals surface area contributed by atoms with Crippen LogP contribution in [0.4, 0.5) is 11.5 Å². The van der Waals surface area contributed by atoms with Gasteiger partial charge in [-0.1, -0.05) is 54.2 Å². The van der Waals surface area contributed by atoms with Crippen molar-refractivity contribution < 1.29 is 9.53 Å².